The minimum absolute atomic E-state index is 0.774. The van der Waals surface area contributed by atoms with E-state index in [-0.39, 0.29) is 0 Å². The number of benzene rings is 1. The number of aryl methyl sites for hydroxylation is 2. The summed E-state index contributed by atoms with van der Waals surface area (Å²) < 4.78 is 2.37. The molecule has 0 saturated heterocycles. The second-order valence-electron chi connectivity index (χ2n) is 5.94. The zero-order chi connectivity index (χ0) is 14.1. The van der Waals surface area contributed by atoms with Crippen LogP contribution in [0.4, 0.5) is 0 Å². The average molecular weight is 296 g/mol. The van der Waals surface area contributed by atoms with Crippen molar-refractivity contribution in [1.29, 1.82) is 0 Å². The lowest BCUT2D eigenvalue weighted by Crippen LogP contribution is -2.15. The molecule has 0 atom stereocenters. The van der Waals surface area contributed by atoms with Crippen LogP contribution >= 0.6 is 11.3 Å². The highest BCUT2D eigenvalue weighted by atomic mass is 32.1. The molecule has 1 aliphatic rings. The zero-order valence-electron chi connectivity index (χ0n) is 12.1. The van der Waals surface area contributed by atoms with Crippen LogP contribution < -0.4 is 5.32 Å². The fourth-order valence-electron chi connectivity index (χ4n) is 2.79. The van der Waals surface area contributed by atoms with Gasteiger partial charge in [-0.25, -0.2) is 0 Å². The van der Waals surface area contributed by atoms with Crippen LogP contribution in [0, 0.1) is 0 Å². The number of aromatic nitrogens is 1. The summed E-state index contributed by atoms with van der Waals surface area (Å²) in [5.41, 5.74) is 4.18. The van der Waals surface area contributed by atoms with E-state index in [4.69, 9.17) is 0 Å². The Hall–Kier alpha value is -1.58. The molecule has 2 heterocycles. The first-order valence-electron chi connectivity index (χ1n) is 7.71. The smallest absolute Gasteiger partial charge is 0.0480 e. The third-order valence-electron chi connectivity index (χ3n) is 4.23. The lowest BCUT2D eigenvalue weighted by atomic mass is 10.1. The highest BCUT2D eigenvalue weighted by Gasteiger charge is 2.19. The Labute approximate surface area is 129 Å². The van der Waals surface area contributed by atoms with Crippen LogP contribution in [0.5, 0.6) is 0 Å². The van der Waals surface area contributed by atoms with Crippen molar-refractivity contribution in [3.63, 3.8) is 0 Å². The number of hydrogen-bond acceptors (Lipinski definition) is 2. The van der Waals surface area contributed by atoms with E-state index in [1.165, 1.54) is 34.9 Å². The molecule has 108 valence electrons. The number of thiophene rings is 1. The van der Waals surface area contributed by atoms with Gasteiger partial charge in [0.1, 0.15) is 0 Å². The molecule has 1 N–H and O–H groups in total. The predicted octanol–water partition coefficient (Wildman–Crippen LogP) is 4.20. The molecule has 3 heteroatoms. The maximum absolute atomic E-state index is 3.58. The van der Waals surface area contributed by atoms with Gasteiger partial charge in [-0.05, 0) is 70.8 Å². The molecule has 0 spiro atoms. The summed E-state index contributed by atoms with van der Waals surface area (Å²) in [6, 6.07) is 12.1. The van der Waals surface area contributed by atoms with E-state index < -0.39 is 0 Å². The lowest BCUT2D eigenvalue weighted by Gasteiger charge is -2.06. The molecular formula is C18H20N2S. The molecule has 0 unspecified atom stereocenters. The van der Waals surface area contributed by atoms with Crippen LogP contribution in [0.15, 0.2) is 47.3 Å². The first-order chi connectivity index (χ1) is 10.4. The Morgan fingerprint density at radius 1 is 1.14 bits per heavy atom. The number of fused-ring (bicyclic) bond motifs is 1. The van der Waals surface area contributed by atoms with E-state index in [2.05, 4.69) is 57.2 Å². The molecule has 21 heavy (non-hydrogen) atoms. The third kappa shape index (κ3) is 3.04. The van der Waals surface area contributed by atoms with Gasteiger partial charge in [-0.1, -0.05) is 6.07 Å². The number of hydrogen-bond donors (Lipinski definition) is 1. The minimum atomic E-state index is 0.774. The number of nitrogens with one attached hydrogen (secondary N) is 1. The van der Waals surface area contributed by atoms with Crippen LogP contribution in [0.3, 0.4) is 0 Å². The van der Waals surface area contributed by atoms with Gasteiger partial charge in [-0.2, -0.15) is 11.3 Å². The van der Waals surface area contributed by atoms with Gasteiger partial charge in [0.15, 0.2) is 0 Å². The topological polar surface area (TPSA) is 17.0 Å². The summed E-state index contributed by atoms with van der Waals surface area (Å²) in [5, 5.41) is 9.34. The van der Waals surface area contributed by atoms with Gasteiger partial charge in [-0.15, -0.1) is 0 Å². The Morgan fingerprint density at radius 2 is 2.10 bits per heavy atom. The summed E-state index contributed by atoms with van der Waals surface area (Å²) in [6.07, 6.45) is 6.02. The number of nitrogens with zero attached hydrogens (tertiary/aromatic N) is 1. The molecule has 1 aromatic carbocycles. The van der Waals surface area contributed by atoms with E-state index in [9.17, 15) is 0 Å². The highest BCUT2D eigenvalue weighted by Crippen LogP contribution is 2.21. The fourth-order valence-corrected chi connectivity index (χ4v) is 3.49. The van der Waals surface area contributed by atoms with Crippen molar-refractivity contribution in [3.8, 4) is 0 Å². The minimum Gasteiger partial charge on any atom is -0.347 e. The standard InChI is InChI=1S/C18H20N2S/c1-4-18-16(11-15(1)12-19-17-2-3-17)6-9-20(18)8-5-14-7-10-21-13-14/h1,4,6-7,9-11,13,17,19H,2-3,5,8,12H2. The van der Waals surface area contributed by atoms with Crippen LogP contribution in [-0.2, 0) is 19.5 Å². The van der Waals surface area contributed by atoms with Crippen LogP contribution in [0.2, 0.25) is 0 Å². The van der Waals surface area contributed by atoms with Crippen molar-refractivity contribution in [3.05, 3.63) is 58.4 Å². The Kier molecular flexibility index (Phi) is 3.53. The molecule has 2 nitrogen and oxygen atoms in total. The lowest BCUT2D eigenvalue weighted by molar-refractivity contribution is 0.688. The maximum Gasteiger partial charge on any atom is 0.0480 e. The van der Waals surface area contributed by atoms with Gasteiger partial charge in [0, 0.05) is 30.8 Å². The highest BCUT2D eigenvalue weighted by molar-refractivity contribution is 7.07. The van der Waals surface area contributed by atoms with E-state index in [0.717, 1.165) is 25.6 Å². The summed E-state index contributed by atoms with van der Waals surface area (Å²) >= 11 is 1.78. The summed E-state index contributed by atoms with van der Waals surface area (Å²) in [6.45, 7) is 2.06. The van der Waals surface area contributed by atoms with Gasteiger partial charge < -0.3 is 9.88 Å². The summed E-state index contributed by atoms with van der Waals surface area (Å²) in [5.74, 6) is 0. The first-order valence-corrected chi connectivity index (χ1v) is 8.65. The van der Waals surface area contributed by atoms with Crippen LogP contribution in [0.25, 0.3) is 10.9 Å². The SMILES string of the molecule is c1cc(CCn2ccc3cc(CNC4CC4)ccc32)cs1. The van der Waals surface area contributed by atoms with Crippen molar-refractivity contribution < 1.29 is 0 Å². The van der Waals surface area contributed by atoms with Gasteiger partial charge in [0.25, 0.3) is 0 Å². The molecule has 0 radical (unpaired) electrons. The van der Waals surface area contributed by atoms with Crippen LogP contribution in [-0.4, -0.2) is 10.6 Å². The van der Waals surface area contributed by atoms with Crippen molar-refractivity contribution in [1.82, 2.24) is 9.88 Å². The normalized spacial score (nSPS) is 14.9. The quantitative estimate of drug-likeness (QED) is 0.721. The molecule has 1 fully saturated rings. The maximum atomic E-state index is 3.58. The van der Waals surface area contributed by atoms with Gasteiger partial charge in [0.05, 0.1) is 0 Å². The van der Waals surface area contributed by atoms with Crippen molar-refractivity contribution in [2.75, 3.05) is 0 Å². The third-order valence-corrected chi connectivity index (χ3v) is 4.96. The Balaban J connectivity index is 1.48. The number of rotatable bonds is 6. The molecular weight excluding hydrogens is 276 g/mol. The van der Waals surface area contributed by atoms with E-state index in [0.29, 0.717) is 0 Å². The predicted molar refractivity (Wildman–Crippen MR) is 89.8 cm³/mol. The zero-order valence-corrected chi connectivity index (χ0v) is 12.9. The molecule has 0 aliphatic heterocycles. The van der Waals surface area contributed by atoms with Gasteiger partial charge >= 0.3 is 0 Å². The first kappa shape index (κ1) is 13.1. The molecule has 3 aromatic rings. The molecule has 0 bridgehead atoms. The van der Waals surface area contributed by atoms with E-state index >= 15 is 0 Å². The van der Waals surface area contributed by atoms with E-state index in [1.54, 1.807) is 11.3 Å². The van der Waals surface area contributed by atoms with E-state index in [1.807, 2.05) is 0 Å². The molecule has 4 rings (SSSR count). The van der Waals surface area contributed by atoms with Crippen molar-refractivity contribution >= 4 is 22.2 Å². The van der Waals surface area contributed by atoms with Crippen molar-refractivity contribution in [2.45, 2.75) is 38.4 Å². The van der Waals surface area contributed by atoms with Crippen molar-refractivity contribution in [2.24, 2.45) is 0 Å². The Bertz CT molecular complexity index is 723. The molecule has 1 aliphatic carbocycles. The summed E-state index contributed by atoms with van der Waals surface area (Å²) in [7, 11) is 0. The Morgan fingerprint density at radius 3 is 2.90 bits per heavy atom. The molecule has 1 saturated carbocycles. The fraction of sp³-hybridized carbons (Fsp3) is 0.333. The molecule has 2 aromatic heterocycles. The van der Waals surface area contributed by atoms with Crippen LogP contribution in [0.1, 0.15) is 24.0 Å². The average Bonchev–Trinajstić information content (AvgIpc) is 3.03. The second-order valence-corrected chi connectivity index (χ2v) is 6.72. The monoisotopic (exact) mass is 296 g/mol. The van der Waals surface area contributed by atoms with Gasteiger partial charge in [0.2, 0.25) is 0 Å². The largest absolute Gasteiger partial charge is 0.347 e. The second kappa shape index (κ2) is 5.66. The van der Waals surface area contributed by atoms with Gasteiger partial charge in [-0.3, -0.25) is 0 Å². The molecule has 0 amide bonds. The summed E-state index contributed by atoms with van der Waals surface area (Å²) in [4.78, 5) is 0.